The molecule has 0 atom stereocenters. The third-order valence-corrected chi connectivity index (χ3v) is 3.80. The predicted octanol–water partition coefficient (Wildman–Crippen LogP) is 6.09. The van der Waals surface area contributed by atoms with E-state index < -0.39 is 0 Å². The van der Waals surface area contributed by atoms with Crippen molar-refractivity contribution in [2.75, 3.05) is 0 Å². The van der Waals surface area contributed by atoms with E-state index in [4.69, 9.17) is 0 Å². The normalized spacial score (nSPS) is 12.8. The molecule has 1 aromatic rings. The lowest BCUT2D eigenvalue weighted by atomic mass is 9.85. The van der Waals surface area contributed by atoms with Gasteiger partial charge in [0.05, 0.1) is 0 Å². The van der Waals surface area contributed by atoms with Gasteiger partial charge in [0.1, 0.15) is 0 Å². The molecule has 0 amide bonds. The Labute approximate surface area is 113 Å². The van der Waals surface area contributed by atoms with Gasteiger partial charge in [-0.15, -0.1) is 0 Å². The minimum atomic E-state index is 0.423. The number of hydrogen-bond donors (Lipinski definition) is 0. The molecule has 0 aromatic heterocycles. The largest absolute Gasteiger partial charge is 0.0802 e. The standard InChI is InChI=1S/C18H28/c1-5-7-11-17(14-15-18(3,4)6-2)16-12-9-8-10-13-16/h8-10,12-14H,5-7,11,15H2,1-4H3. The molecule has 0 heterocycles. The van der Waals surface area contributed by atoms with Crippen LogP contribution < -0.4 is 0 Å². The fourth-order valence-electron chi connectivity index (χ4n) is 1.93. The van der Waals surface area contributed by atoms with Crippen molar-refractivity contribution in [2.45, 2.75) is 59.8 Å². The smallest absolute Gasteiger partial charge is 0.0228 e. The average molecular weight is 244 g/mol. The van der Waals surface area contributed by atoms with Crippen LogP contribution in [0.2, 0.25) is 0 Å². The highest BCUT2D eigenvalue weighted by Gasteiger charge is 2.13. The molecule has 18 heavy (non-hydrogen) atoms. The van der Waals surface area contributed by atoms with Crippen molar-refractivity contribution < 1.29 is 0 Å². The minimum absolute atomic E-state index is 0.423. The molecule has 0 aliphatic carbocycles. The van der Waals surface area contributed by atoms with Gasteiger partial charge in [0.25, 0.3) is 0 Å². The molecule has 0 saturated carbocycles. The summed E-state index contributed by atoms with van der Waals surface area (Å²) in [4.78, 5) is 0. The van der Waals surface area contributed by atoms with E-state index in [9.17, 15) is 0 Å². The summed E-state index contributed by atoms with van der Waals surface area (Å²) in [6.45, 7) is 9.25. The van der Waals surface area contributed by atoms with Crippen LogP contribution in [-0.2, 0) is 0 Å². The summed E-state index contributed by atoms with van der Waals surface area (Å²) in [7, 11) is 0. The molecule has 0 saturated heterocycles. The van der Waals surface area contributed by atoms with Crippen molar-refractivity contribution in [3.05, 3.63) is 42.0 Å². The van der Waals surface area contributed by atoms with Gasteiger partial charge in [0.2, 0.25) is 0 Å². The summed E-state index contributed by atoms with van der Waals surface area (Å²) in [6.07, 6.45) is 8.64. The van der Waals surface area contributed by atoms with Gasteiger partial charge in [-0.1, -0.05) is 76.9 Å². The molecule has 0 fully saturated rings. The Kier molecular flexibility index (Phi) is 6.18. The highest BCUT2D eigenvalue weighted by Crippen LogP contribution is 2.29. The summed E-state index contributed by atoms with van der Waals surface area (Å²) in [5.74, 6) is 0. The molecule has 0 aliphatic heterocycles. The van der Waals surface area contributed by atoms with Crippen molar-refractivity contribution in [3.63, 3.8) is 0 Å². The van der Waals surface area contributed by atoms with Gasteiger partial charge in [0, 0.05) is 0 Å². The van der Waals surface area contributed by atoms with Gasteiger partial charge in [-0.3, -0.25) is 0 Å². The van der Waals surface area contributed by atoms with Crippen LogP contribution in [0.1, 0.15) is 65.4 Å². The lowest BCUT2D eigenvalue weighted by Crippen LogP contribution is -2.07. The third-order valence-electron chi connectivity index (χ3n) is 3.80. The molecule has 0 nitrogen and oxygen atoms in total. The number of allylic oxidation sites excluding steroid dienone is 2. The minimum Gasteiger partial charge on any atom is -0.0802 e. The van der Waals surface area contributed by atoms with Gasteiger partial charge in [-0.05, 0) is 35.8 Å². The Hall–Kier alpha value is -1.04. The van der Waals surface area contributed by atoms with E-state index in [-0.39, 0.29) is 0 Å². The maximum Gasteiger partial charge on any atom is -0.0228 e. The van der Waals surface area contributed by atoms with Crippen molar-refractivity contribution in [1.29, 1.82) is 0 Å². The van der Waals surface area contributed by atoms with Gasteiger partial charge < -0.3 is 0 Å². The van der Waals surface area contributed by atoms with Crippen LogP contribution in [0.15, 0.2) is 36.4 Å². The first kappa shape index (κ1) is 15.0. The number of hydrogen-bond acceptors (Lipinski definition) is 0. The fourth-order valence-corrected chi connectivity index (χ4v) is 1.93. The zero-order valence-corrected chi connectivity index (χ0v) is 12.5. The number of unbranched alkanes of at least 4 members (excludes halogenated alkanes) is 1. The number of rotatable bonds is 7. The van der Waals surface area contributed by atoms with E-state index in [2.05, 4.69) is 64.1 Å². The lowest BCUT2D eigenvalue weighted by molar-refractivity contribution is 0.357. The molecular weight excluding hydrogens is 216 g/mol. The molecule has 0 spiro atoms. The van der Waals surface area contributed by atoms with Gasteiger partial charge in [0.15, 0.2) is 0 Å². The van der Waals surface area contributed by atoms with Crippen LogP contribution in [0.3, 0.4) is 0 Å². The van der Waals surface area contributed by atoms with E-state index >= 15 is 0 Å². The topological polar surface area (TPSA) is 0 Å². The summed E-state index contributed by atoms with van der Waals surface area (Å²) in [5, 5.41) is 0. The van der Waals surface area contributed by atoms with Crippen LogP contribution in [0.5, 0.6) is 0 Å². The summed E-state index contributed by atoms with van der Waals surface area (Å²) in [6, 6.07) is 10.8. The van der Waals surface area contributed by atoms with Crippen molar-refractivity contribution in [1.82, 2.24) is 0 Å². The predicted molar refractivity (Wildman–Crippen MR) is 82.6 cm³/mol. The Morgan fingerprint density at radius 1 is 1.11 bits per heavy atom. The third kappa shape index (κ3) is 5.08. The van der Waals surface area contributed by atoms with Gasteiger partial charge in [-0.2, -0.15) is 0 Å². The summed E-state index contributed by atoms with van der Waals surface area (Å²) < 4.78 is 0. The summed E-state index contributed by atoms with van der Waals surface area (Å²) in [5.41, 5.74) is 3.35. The monoisotopic (exact) mass is 244 g/mol. The van der Waals surface area contributed by atoms with Crippen LogP contribution in [0.4, 0.5) is 0 Å². The zero-order valence-electron chi connectivity index (χ0n) is 12.5. The first-order chi connectivity index (χ1) is 8.59. The molecular formula is C18H28. The first-order valence-corrected chi connectivity index (χ1v) is 7.33. The molecule has 0 unspecified atom stereocenters. The fraction of sp³-hybridized carbons (Fsp3) is 0.556. The summed E-state index contributed by atoms with van der Waals surface area (Å²) >= 11 is 0. The van der Waals surface area contributed by atoms with Gasteiger partial charge in [-0.25, -0.2) is 0 Å². The average Bonchev–Trinajstić information content (AvgIpc) is 2.40. The molecule has 0 N–H and O–H groups in total. The Morgan fingerprint density at radius 3 is 2.33 bits per heavy atom. The lowest BCUT2D eigenvalue weighted by Gasteiger charge is -2.21. The molecule has 0 bridgehead atoms. The maximum atomic E-state index is 2.47. The quantitative estimate of drug-likeness (QED) is 0.544. The molecule has 1 aromatic carbocycles. The van der Waals surface area contributed by atoms with Crippen molar-refractivity contribution in [3.8, 4) is 0 Å². The van der Waals surface area contributed by atoms with Crippen LogP contribution >= 0.6 is 0 Å². The van der Waals surface area contributed by atoms with Crippen molar-refractivity contribution in [2.24, 2.45) is 5.41 Å². The Morgan fingerprint density at radius 2 is 1.78 bits per heavy atom. The van der Waals surface area contributed by atoms with Crippen molar-refractivity contribution >= 4 is 5.57 Å². The van der Waals surface area contributed by atoms with Gasteiger partial charge >= 0.3 is 0 Å². The van der Waals surface area contributed by atoms with Crippen LogP contribution in [0.25, 0.3) is 5.57 Å². The Bertz CT molecular complexity index is 357. The highest BCUT2D eigenvalue weighted by molar-refractivity contribution is 5.65. The highest BCUT2D eigenvalue weighted by atomic mass is 14.2. The van der Waals surface area contributed by atoms with E-state index in [1.165, 1.54) is 43.2 Å². The second-order valence-corrected chi connectivity index (χ2v) is 5.92. The van der Waals surface area contributed by atoms with E-state index in [1.54, 1.807) is 0 Å². The molecule has 1 rings (SSSR count). The number of benzene rings is 1. The molecule has 100 valence electrons. The molecule has 0 aliphatic rings. The van der Waals surface area contributed by atoms with E-state index in [1.807, 2.05) is 0 Å². The second-order valence-electron chi connectivity index (χ2n) is 5.92. The Balaban J connectivity index is 2.82. The van der Waals surface area contributed by atoms with Crippen LogP contribution in [0, 0.1) is 5.41 Å². The second kappa shape index (κ2) is 7.41. The molecule has 0 heteroatoms. The first-order valence-electron chi connectivity index (χ1n) is 7.33. The molecule has 0 radical (unpaired) electrons. The van der Waals surface area contributed by atoms with Crippen LogP contribution in [-0.4, -0.2) is 0 Å². The van der Waals surface area contributed by atoms with E-state index in [0.717, 1.165) is 0 Å². The zero-order chi connectivity index (χ0) is 13.4. The van der Waals surface area contributed by atoms with E-state index in [0.29, 0.717) is 5.41 Å². The SMILES string of the molecule is CCCCC(=CCC(C)(C)CC)c1ccccc1. The maximum absolute atomic E-state index is 2.47.